The largest absolute Gasteiger partial charge is 0.330 e. The summed E-state index contributed by atoms with van der Waals surface area (Å²) in [6, 6.07) is 11.4. The maximum absolute atomic E-state index is 5.85. The molecule has 1 aliphatic heterocycles. The molecule has 2 heteroatoms. The van der Waals surface area contributed by atoms with Crippen LogP contribution in [0.5, 0.6) is 0 Å². The Morgan fingerprint density at radius 2 is 2.00 bits per heavy atom. The fourth-order valence-electron chi connectivity index (χ4n) is 2.69. The van der Waals surface area contributed by atoms with Crippen molar-refractivity contribution in [2.75, 3.05) is 13.1 Å². The van der Waals surface area contributed by atoms with E-state index in [1.54, 1.807) is 0 Å². The van der Waals surface area contributed by atoms with Gasteiger partial charge in [0.25, 0.3) is 0 Å². The van der Waals surface area contributed by atoms with Crippen molar-refractivity contribution in [1.29, 1.82) is 0 Å². The van der Waals surface area contributed by atoms with Crippen LogP contribution in [-0.2, 0) is 6.42 Å². The van der Waals surface area contributed by atoms with Gasteiger partial charge in [0, 0.05) is 6.04 Å². The lowest BCUT2D eigenvalue weighted by atomic mass is 9.79. The second-order valence-electron chi connectivity index (χ2n) is 4.99. The number of nitrogens with one attached hydrogen (secondary N) is 1. The van der Waals surface area contributed by atoms with E-state index in [0.717, 1.165) is 19.0 Å². The molecule has 2 rings (SSSR count). The Bertz CT molecular complexity index is 310. The SMILES string of the molecule is CC1CC(Cc2ccccc2)C(CN)CN1. The van der Waals surface area contributed by atoms with Gasteiger partial charge in [-0.3, -0.25) is 0 Å². The number of piperidine rings is 1. The minimum Gasteiger partial charge on any atom is -0.330 e. The van der Waals surface area contributed by atoms with Gasteiger partial charge in [0.1, 0.15) is 0 Å². The average Bonchev–Trinajstić information content (AvgIpc) is 2.31. The number of rotatable bonds is 3. The van der Waals surface area contributed by atoms with Crippen LogP contribution in [0.1, 0.15) is 18.9 Å². The van der Waals surface area contributed by atoms with E-state index in [4.69, 9.17) is 5.73 Å². The fraction of sp³-hybridized carbons (Fsp3) is 0.571. The molecule has 0 aliphatic carbocycles. The highest BCUT2D eigenvalue weighted by Gasteiger charge is 2.27. The minimum absolute atomic E-state index is 0.636. The Hall–Kier alpha value is -0.860. The van der Waals surface area contributed by atoms with Crippen molar-refractivity contribution in [1.82, 2.24) is 5.32 Å². The van der Waals surface area contributed by atoms with Gasteiger partial charge in [0.15, 0.2) is 0 Å². The van der Waals surface area contributed by atoms with E-state index in [-0.39, 0.29) is 0 Å². The van der Waals surface area contributed by atoms with Gasteiger partial charge in [-0.15, -0.1) is 0 Å². The van der Waals surface area contributed by atoms with Gasteiger partial charge < -0.3 is 11.1 Å². The summed E-state index contributed by atoms with van der Waals surface area (Å²) in [5.41, 5.74) is 7.30. The summed E-state index contributed by atoms with van der Waals surface area (Å²) < 4.78 is 0. The molecule has 1 heterocycles. The average molecular weight is 218 g/mol. The van der Waals surface area contributed by atoms with E-state index in [2.05, 4.69) is 42.6 Å². The molecule has 1 aromatic rings. The second-order valence-corrected chi connectivity index (χ2v) is 4.99. The number of nitrogens with two attached hydrogens (primary N) is 1. The number of hydrogen-bond donors (Lipinski definition) is 2. The summed E-state index contributed by atoms with van der Waals surface area (Å²) in [5, 5.41) is 3.52. The zero-order chi connectivity index (χ0) is 11.4. The van der Waals surface area contributed by atoms with E-state index in [1.165, 1.54) is 18.4 Å². The molecule has 0 amide bonds. The number of hydrogen-bond acceptors (Lipinski definition) is 2. The van der Waals surface area contributed by atoms with E-state index < -0.39 is 0 Å². The molecule has 0 saturated carbocycles. The van der Waals surface area contributed by atoms with Crippen molar-refractivity contribution in [2.24, 2.45) is 17.6 Å². The van der Waals surface area contributed by atoms with Crippen molar-refractivity contribution < 1.29 is 0 Å². The van der Waals surface area contributed by atoms with Crippen molar-refractivity contribution in [3.63, 3.8) is 0 Å². The summed E-state index contributed by atoms with van der Waals surface area (Å²) in [6.07, 6.45) is 2.42. The Labute approximate surface area is 98.2 Å². The van der Waals surface area contributed by atoms with Gasteiger partial charge in [-0.1, -0.05) is 30.3 Å². The molecule has 88 valence electrons. The highest BCUT2D eigenvalue weighted by Crippen LogP contribution is 2.25. The second kappa shape index (κ2) is 5.46. The molecule has 1 fully saturated rings. The zero-order valence-corrected chi connectivity index (χ0v) is 10.0. The lowest BCUT2D eigenvalue weighted by Gasteiger charge is -2.35. The first-order valence-electron chi connectivity index (χ1n) is 6.27. The first kappa shape index (κ1) is 11.6. The van der Waals surface area contributed by atoms with Gasteiger partial charge in [-0.25, -0.2) is 0 Å². The quantitative estimate of drug-likeness (QED) is 0.812. The van der Waals surface area contributed by atoms with Crippen LogP contribution >= 0.6 is 0 Å². The third-order valence-electron chi connectivity index (χ3n) is 3.69. The van der Waals surface area contributed by atoms with Gasteiger partial charge in [-0.05, 0) is 50.3 Å². The fourth-order valence-corrected chi connectivity index (χ4v) is 2.69. The smallest absolute Gasteiger partial charge is 0.00417 e. The van der Waals surface area contributed by atoms with Crippen LogP contribution < -0.4 is 11.1 Å². The normalized spacial score (nSPS) is 30.2. The minimum atomic E-state index is 0.636. The molecular weight excluding hydrogens is 196 g/mol. The zero-order valence-electron chi connectivity index (χ0n) is 10.0. The Morgan fingerprint density at radius 3 is 2.69 bits per heavy atom. The van der Waals surface area contributed by atoms with Crippen LogP contribution in [0.2, 0.25) is 0 Å². The maximum Gasteiger partial charge on any atom is 0.00417 e. The number of benzene rings is 1. The summed E-state index contributed by atoms with van der Waals surface area (Å²) in [7, 11) is 0. The molecule has 16 heavy (non-hydrogen) atoms. The molecule has 3 N–H and O–H groups in total. The molecule has 2 nitrogen and oxygen atoms in total. The van der Waals surface area contributed by atoms with Gasteiger partial charge in [0.2, 0.25) is 0 Å². The van der Waals surface area contributed by atoms with Crippen LogP contribution in [-0.4, -0.2) is 19.1 Å². The first-order chi connectivity index (χ1) is 7.79. The third-order valence-corrected chi connectivity index (χ3v) is 3.69. The topological polar surface area (TPSA) is 38.0 Å². The van der Waals surface area contributed by atoms with E-state index in [0.29, 0.717) is 12.0 Å². The lowest BCUT2D eigenvalue weighted by Crippen LogP contribution is -2.45. The Kier molecular flexibility index (Phi) is 3.97. The molecule has 1 saturated heterocycles. The van der Waals surface area contributed by atoms with Crippen LogP contribution in [0, 0.1) is 11.8 Å². The molecule has 0 bridgehead atoms. The molecule has 3 unspecified atom stereocenters. The Morgan fingerprint density at radius 1 is 1.25 bits per heavy atom. The van der Waals surface area contributed by atoms with Crippen LogP contribution in [0.25, 0.3) is 0 Å². The molecule has 0 radical (unpaired) electrons. The monoisotopic (exact) mass is 218 g/mol. The highest BCUT2D eigenvalue weighted by atomic mass is 14.9. The summed E-state index contributed by atoms with van der Waals surface area (Å²) >= 11 is 0. The van der Waals surface area contributed by atoms with Gasteiger partial charge >= 0.3 is 0 Å². The molecular formula is C14H22N2. The van der Waals surface area contributed by atoms with Crippen LogP contribution in [0.4, 0.5) is 0 Å². The summed E-state index contributed by atoms with van der Waals surface area (Å²) in [4.78, 5) is 0. The van der Waals surface area contributed by atoms with Crippen LogP contribution in [0.3, 0.4) is 0 Å². The van der Waals surface area contributed by atoms with E-state index in [9.17, 15) is 0 Å². The van der Waals surface area contributed by atoms with Crippen molar-refractivity contribution in [3.05, 3.63) is 35.9 Å². The van der Waals surface area contributed by atoms with Gasteiger partial charge in [0.05, 0.1) is 0 Å². The molecule has 3 atom stereocenters. The molecule has 0 aromatic heterocycles. The highest BCUT2D eigenvalue weighted by molar-refractivity contribution is 5.15. The predicted octanol–water partition coefficient (Wildman–Crippen LogP) is 1.80. The molecule has 0 spiro atoms. The van der Waals surface area contributed by atoms with E-state index in [1.807, 2.05) is 0 Å². The van der Waals surface area contributed by atoms with Gasteiger partial charge in [-0.2, -0.15) is 0 Å². The predicted molar refractivity (Wildman–Crippen MR) is 68.3 cm³/mol. The van der Waals surface area contributed by atoms with Crippen molar-refractivity contribution in [3.8, 4) is 0 Å². The Balaban J connectivity index is 2.01. The van der Waals surface area contributed by atoms with Crippen molar-refractivity contribution in [2.45, 2.75) is 25.8 Å². The molecule has 1 aliphatic rings. The molecule has 1 aromatic carbocycles. The lowest BCUT2D eigenvalue weighted by molar-refractivity contribution is 0.221. The van der Waals surface area contributed by atoms with Crippen molar-refractivity contribution >= 4 is 0 Å². The summed E-state index contributed by atoms with van der Waals surface area (Å²) in [6.45, 7) is 4.15. The third kappa shape index (κ3) is 2.83. The maximum atomic E-state index is 5.85. The van der Waals surface area contributed by atoms with Crippen LogP contribution in [0.15, 0.2) is 30.3 Å². The first-order valence-corrected chi connectivity index (χ1v) is 6.27. The summed E-state index contributed by atoms with van der Waals surface area (Å²) in [5.74, 6) is 1.38. The standard InChI is InChI=1S/C14H22N2/c1-11-7-13(14(9-15)10-16-11)8-12-5-3-2-4-6-12/h2-6,11,13-14,16H,7-10,15H2,1H3. The van der Waals surface area contributed by atoms with E-state index >= 15 is 0 Å².